The van der Waals surface area contributed by atoms with Crippen LogP contribution in [0, 0.1) is 0 Å². The lowest BCUT2D eigenvalue weighted by atomic mass is 9.94. The highest BCUT2D eigenvalue weighted by molar-refractivity contribution is 7.99. The molecule has 128 valence electrons. The van der Waals surface area contributed by atoms with Crippen LogP contribution in [0.15, 0.2) is 34.8 Å². The highest BCUT2D eigenvalue weighted by Crippen LogP contribution is 2.37. The number of hydrogen-bond donors (Lipinski definition) is 0. The Morgan fingerprint density at radius 3 is 2.96 bits per heavy atom. The number of ether oxygens (including phenoxy) is 1. The van der Waals surface area contributed by atoms with E-state index in [-0.39, 0.29) is 11.2 Å². The molecule has 24 heavy (non-hydrogen) atoms. The summed E-state index contributed by atoms with van der Waals surface area (Å²) in [6.45, 7) is 14.8. The molecule has 0 saturated carbocycles. The molecule has 1 aliphatic heterocycles. The summed E-state index contributed by atoms with van der Waals surface area (Å²) in [6, 6.07) is 0. The largest absolute Gasteiger partial charge is 0.370 e. The highest BCUT2D eigenvalue weighted by atomic mass is 32.2. The van der Waals surface area contributed by atoms with Gasteiger partial charge in [0, 0.05) is 23.6 Å². The average molecular weight is 363 g/mol. The first-order valence-corrected chi connectivity index (χ1v) is 9.69. The molecule has 0 unspecified atom stereocenters. The van der Waals surface area contributed by atoms with Crippen molar-refractivity contribution in [3.8, 4) is 0 Å². The van der Waals surface area contributed by atoms with E-state index in [0.29, 0.717) is 13.2 Å². The lowest BCUT2D eigenvalue weighted by Crippen LogP contribution is -2.32. The maximum atomic E-state index is 13.1. The van der Waals surface area contributed by atoms with Crippen LogP contribution in [-0.2, 0) is 24.3 Å². The second-order valence-corrected chi connectivity index (χ2v) is 8.78. The predicted octanol–water partition coefficient (Wildman–Crippen LogP) is 4.16. The Morgan fingerprint density at radius 2 is 2.29 bits per heavy atom. The zero-order valence-corrected chi connectivity index (χ0v) is 16.0. The number of aromatic nitrogens is 2. The standard InChI is InChI=1S/C18H22N2O2S2/c1-6-7-20-16(21)14-12-8-18(4,5)22-9-13(12)24-15(14)19-17(20)23-10-11(2)3/h6H,1-2,7-10H2,3-5H3. The Morgan fingerprint density at radius 1 is 1.54 bits per heavy atom. The van der Waals surface area contributed by atoms with Crippen LogP contribution in [0.5, 0.6) is 0 Å². The fraction of sp³-hybridized carbons (Fsp3) is 0.444. The van der Waals surface area contributed by atoms with Crippen molar-refractivity contribution in [2.75, 3.05) is 5.75 Å². The molecule has 0 spiro atoms. The van der Waals surface area contributed by atoms with Gasteiger partial charge in [-0.25, -0.2) is 4.98 Å². The van der Waals surface area contributed by atoms with E-state index in [1.807, 2.05) is 6.92 Å². The van der Waals surface area contributed by atoms with E-state index < -0.39 is 0 Å². The lowest BCUT2D eigenvalue weighted by Gasteiger charge is -2.29. The van der Waals surface area contributed by atoms with Crippen molar-refractivity contribution in [2.45, 2.75) is 51.1 Å². The van der Waals surface area contributed by atoms with Crippen molar-refractivity contribution in [3.05, 3.63) is 45.6 Å². The van der Waals surface area contributed by atoms with Gasteiger partial charge >= 0.3 is 0 Å². The maximum Gasteiger partial charge on any atom is 0.263 e. The van der Waals surface area contributed by atoms with Gasteiger partial charge in [0.05, 0.1) is 17.6 Å². The minimum absolute atomic E-state index is 0.0271. The first-order chi connectivity index (χ1) is 11.3. The molecule has 3 rings (SSSR count). The minimum atomic E-state index is -0.246. The summed E-state index contributed by atoms with van der Waals surface area (Å²) in [4.78, 5) is 19.9. The summed E-state index contributed by atoms with van der Waals surface area (Å²) in [7, 11) is 0. The molecule has 3 heterocycles. The van der Waals surface area contributed by atoms with Crippen LogP contribution < -0.4 is 5.56 Å². The fourth-order valence-corrected chi connectivity index (χ4v) is 4.79. The average Bonchev–Trinajstić information content (AvgIpc) is 2.84. The first kappa shape index (κ1) is 17.5. The molecule has 0 N–H and O–H groups in total. The van der Waals surface area contributed by atoms with Gasteiger partial charge in [-0.3, -0.25) is 9.36 Å². The van der Waals surface area contributed by atoms with Crippen LogP contribution >= 0.6 is 23.1 Å². The van der Waals surface area contributed by atoms with Crippen molar-refractivity contribution < 1.29 is 4.74 Å². The number of allylic oxidation sites excluding steroid dienone is 1. The molecule has 6 heteroatoms. The van der Waals surface area contributed by atoms with Gasteiger partial charge in [0.1, 0.15) is 4.83 Å². The third kappa shape index (κ3) is 3.23. The molecule has 0 bridgehead atoms. The van der Waals surface area contributed by atoms with Gasteiger partial charge < -0.3 is 4.74 Å². The summed E-state index contributed by atoms with van der Waals surface area (Å²) >= 11 is 3.13. The Kier molecular flexibility index (Phi) is 4.73. The summed E-state index contributed by atoms with van der Waals surface area (Å²) in [6.07, 6.45) is 2.48. The second kappa shape index (κ2) is 6.50. The van der Waals surface area contributed by atoms with E-state index in [0.717, 1.165) is 43.6 Å². The first-order valence-electron chi connectivity index (χ1n) is 7.89. The van der Waals surface area contributed by atoms with E-state index in [9.17, 15) is 4.79 Å². The predicted molar refractivity (Wildman–Crippen MR) is 102 cm³/mol. The number of rotatable bonds is 5. The fourth-order valence-electron chi connectivity index (χ4n) is 2.80. The van der Waals surface area contributed by atoms with Crippen LogP contribution in [-0.4, -0.2) is 20.9 Å². The van der Waals surface area contributed by atoms with Gasteiger partial charge in [0.25, 0.3) is 5.56 Å². The third-order valence-corrected chi connectivity index (χ3v) is 6.22. The van der Waals surface area contributed by atoms with Crippen molar-refractivity contribution in [2.24, 2.45) is 0 Å². The Bertz CT molecular complexity index is 877. The Hall–Kier alpha value is -1.37. The van der Waals surface area contributed by atoms with Crippen molar-refractivity contribution in [1.29, 1.82) is 0 Å². The Balaban J connectivity index is 2.19. The van der Waals surface area contributed by atoms with E-state index in [1.165, 1.54) is 0 Å². The quantitative estimate of drug-likeness (QED) is 0.455. The van der Waals surface area contributed by atoms with Gasteiger partial charge in [-0.2, -0.15) is 0 Å². The van der Waals surface area contributed by atoms with E-state index in [2.05, 4.69) is 27.0 Å². The highest BCUT2D eigenvalue weighted by Gasteiger charge is 2.31. The van der Waals surface area contributed by atoms with E-state index in [1.54, 1.807) is 33.7 Å². The zero-order valence-electron chi connectivity index (χ0n) is 14.3. The molecule has 0 atom stereocenters. The maximum absolute atomic E-state index is 13.1. The van der Waals surface area contributed by atoms with Crippen LogP contribution in [0.1, 0.15) is 31.2 Å². The van der Waals surface area contributed by atoms with Gasteiger partial charge in [0.2, 0.25) is 0 Å². The molecule has 0 aliphatic carbocycles. The number of fused-ring (bicyclic) bond motifs is 3. The molecule has 4 nitrogen and oxygen atoms in total. The molecule has 0 fully saturated rings. The van der Waals surface area contributed by atoms with Crippen molar-refractivity contribution in [3.63, 3.8) is 0 Å². The SMILES string of the molecule is C=CCn1c(SCC(=C)C)nc2sc3c(c2c1=O)CC(C)(C)OC3. The molecule has 2 aromatic rings. The van der Waals surface area contributed by atoms with Gasteiger partial charge in [0.15, 0.2) is 5.16 Å². The van der Waals surface area contributed by atoms with Crippen LogP contribution in [0.4, 0.5) is 0 Å². The normalized spacial score (nSPS) is 16.1. The van der Waals surface area contributed by atoms with Crippen molar-refractivity contribution in [1.82, 2.24) is 9.55 Å². The van der Waals surface area contributed by atoms with Crippen LogP contribution in [0.3, 0.4) is 0 Å². The van der Waals surface area contributed by atoms with E-state index in [4.69, 9.17) is 9.72 Å². The third-order valence-electron chi connectivity index (χ3n) is 3.92. The van der Waals surface area contributed by atoms with Crippen LogP contribution in [0.2, 0.25) is 0 Å². The van der Waals surface area contributed by atoms with Gasteiger partial charge in [-0.1, -0.05) is 30.0 Å². The smallest absolute Gasteiger partial charge is 0.263 e. The van der Waals surface area contributed by atoms with E-state index >= 15 is 0 Å². The van der Waals surface area contributed by atoms with Gasteiger partial charge in [-0.15, -0.1) is 17.9 Å². The topological polar surface area (TPSA) is 44.1 Å². The molecule has 0 amide bonds. The number of thiophene rings is 1. The minimum Gasteiger partial charge on any atom is -0.370 e. The zero-order chi connectivity index (χ0) is 17.5. The number of hydrogen-bond acceptors (Lipinski definition) is 5. The summed E-state index contributed by atoms with van der Waals surface area (Å²) in [5.41, 5.74) is 1.95. The molecular weight excluding hydrogens is 340 g/mol. The molecule has 0 saturated heterocycles. The Labute approximate surface area is 150 Å². The monoisotopic (exact) mass is 362 g/mol. The summed E-state index contributed by atoms with van der Waals surface area (Å²) in [5, 5.41) is 1.49. The van der Waals surface area contributed by atoms with Gasteiger partial charge in [-0.05, 0) is 26.3 Å². The van der Waals surface area contributed by atoms with Crippen molar-refractivity contribution >= 4 is 33.3 Å². The molecule has 0 radical (unpaired) electrons. The molecular formula is C18H22N2O2S2. The summed E-state index contributed by atoms with van der Waals surface area (Å²) in [5.74, 6) is 0.746. The van der Waals surface area contributed by atoms with Crippen LogP contribution in [0.25, 0.3) is 10.2 Å². The molecule has 0 aromatic carbocycles. The number of thioether (sulfide) groups is 1. The molecule has 1 aliphatic rings. The second-order valence-electron chi connectivity index (χ2n) is 6.75. The summed E-state index contributed by atoms with van der Waals surface area (Å²) < 4.78 is 7.61. The number of nitrogens with zero attached hydrogens (tertiary/aromatic N) is 2. The lowest BCUT2D eigenvalue weighted by molar-refractivity contribution is -0.0379. The molecule has 2 aromatic heterocycles.